The van der Waals surface area contributed by atoms with Crippen LogP contribution in [0.25, 0.3) is 82.2 Å². The van der Waals surface area contributed by atoms with Crippen LogP contribution in [-0.4, -0.2) is 11.5 Å². The van der Waals surface area contributed by atoms with Crippen LogP contribution in [0.15, 0.2) is 207 Å². The SMILES string of the molecule is CC1C/C=C(\c2c(C3C4c5ccccc5-c5cc6ccccc6cc5C[C@@H]43)ccc3oc4ccccc4c23)N=C(c2ccc3ccccc3c2)N=C1c1cccc2c1oc1ccccc12. The maximum absolute atomic E-state index is 6.69. The summed E-state index contributed by atoms with van der Waals surface area (Å²) >= 11 is 0. The van der Waals surface area contributed by atoms with Gasteiger partial charge in [-0.1, -0.05) is 159 Å². The first-order chi connectivity index (χ1) is 32.1. The molecule has 4 atom stereocenters. The van der Waals surface area contributed by atoms with Crippen molar-refractivity contribution >= 4 is 82.7 Å². The van der Waals surface area contributed by atoms with Crippen LogP contribution in [0.4, 0.5) is 0 Å². The molecule has 14 rings (SSSR count). The van der Waals surface area contributed by atoms with Crippen molar-refractivity contribution in [3.63, 3.8) is 0 Å². The fraction of sp³-hybridized carbons (Fsp3) is 0.115. The van der Waals surface area contributed by atoms with Gasteiger partial charge in [-0.2, -0.15) is 0 Å². The summed E-state index contributed by atoms with van der Waals surface area (Å²) in [6.07, 6.45) is 4.13. The Hall–Kier alpha value is -7.82. The first-order valence-corrected chi connectivity index (χ1v) is 23.0. The second-order valence-corrected chi connectivity index (χ2v) is 18.4. The third kappa shape index (κ3) is 5.69. The smallest absolute Gasteiger partial charge is 0.160 e. The van der Waals surface area contributed by atoms with Crippen molar-refractivity contribution in [1.29, 1.82) is 0 Å². The maximum Gasteiger partial charge on any atom is 0.160 e. The number of amidine groups is 1. The number of hydrogen-bond acceptors (Lipinski definition) is 4. The number of nitrogens with zero attached hydrogens (tertiary/aromatic N) is 2. The summed E-state index contributed by atoms with van der Waals surface area (Å²) < 4.78 is 13.3. The van der Waals surface area contributed by atoms with Gasteiger partial charge in [0.05, 0.1) is 11.4 Å². The molecule has 4 heteroatoms. The predicted molar refractivity (Wildman–Crippen MR) is 268 cm³/mol. The van der Waals surface area contributed by atoms with Crippen molar-refractivity contribution in [3.8, 4) is 11.1 Å². The molecule has 1 saturated carbocycles. The first-order valence-electron chi connectivity index (χ1n) is 23.0. The van der Waals surface area contributed by atoms with Crippen molar-refractivity contribution in [2.75, 3.05) is 0 Å². The summed E-state index contributed by atoms with van der Waals surface area (Å²) in [7, 11) is 0. The second kappa shape index (κ2) is 14.1. The third-order valence-electron chi connectivity index (χ3n) is 14.7. The van der Waals surface area contributed by atoms with Gasteiger partial charge in [0.25, 0.3) is 0 Å². The summed E-state index contributed by atoms with van der Waals surface area (Å²) in [5.41, 5.74) is 15.5. The van der Waals surface area contributed by atoms with Crippen LogP contribution in [0.3, 0.4) is 0 Å². The van der Waals surface area contributed by atoms with Gasteiger partial charge in [0.15, 0.2) is 5.84 Å². The van der Waals surface area contributed by atoms with Crippen LogP contribution >= 0.6 is 0 Å². The standard InChI is InChI=1S/C61H42N2O2/c1-35-25-29-51(62-61(40-27-26-36-13-2-3-14-37(36)31-40)63-59(35)48-22-12-21-45-43-18-8-10-23-52(43)65-60(45)48)57-47(28-30-54-58(57)46-20-9-11-24-53(46)64-54)56-50-34-41-32-38-15-4-5-16-39(38)33-49(41)42-17-6-7-19-44(42)55(50)56/h2-24,26-33,35,50,55-56H,25,34H2,1H3/b51-29+,62-61?,63-59?/t35?,50-,55?,56?/m0/s1. The van der Waals surface area contributed by atoms with Crippen LogP contribution in [0.1, 0.15) is 58.6 Å². The zero-order valence-corrected chi connectivity index (χ0v) is 35.8. The first kappa shape index (κ1) is 36.6. The van der Waals surface area contributed by atoms with Gasteiger partial charge in [-0.15, -0.1) is 0 Å². The molecule has 0 saturated heterocycles. The number of hydrogen-bond donors (Lipinski definition) is 0. The molecule has 0 amide bonds. The third-order valence-corrected chi connectivity index (χ3v) is 14.7. The van der Waals surface area contributed by atoms with Crippen molar-refractivity contribution in [1.82, 2.24) is 0 Å². The van der Waals surface area contributed by atoms with Gasteiger partial charge in [-0.3, -0.25) is 0 Å². The number of aliphatic imine (C=N–C) groups is 2. The Kier molecular flexibility index (Phi) is 7.94. The number of allylic oxidation sites excluding steroid dienone is 1. The topological polar surface area (TPSA) is 51.0 Å². The Morgan fingerprint density at radius 2 is 1.17 bits per heavy atom. The number of fused-ring (bicyclic) bond motifs is 13. The Bertz CT molecular complexity index is 3900. The molecule has 1 aliphatic heterocycles. The minimum Gasteiger partial charge on any atom is -0.456 e. The van der Waals surface area contributed by atoms with Crippen molar-refractivity contribution in [2.24, 2.45) is 21.8 Å². The Morgan fingerprint density at radius 3 is 2.03 bits per heavy atom. The van der Waals surface area contributed by atoms with Crippen molar-refractivity contribution < 1.29 is 8.83 Å². The summed E-state index contributed by atoms with van der Waals surface area (Å²) in [5, 5.41) is 9.36. The Balaban J connectivity index is 0.997. The molecular formula is C61H42N2O2. The minimum absolute atomic E-state index is 0.0451. The highest BCUT2D eigenvalue weighted by atomic mass is 16.3. The number of furan rings is 2. The largest absolute Gasteiger partial charge is 0.456 e. The van der Waals surface area contributed by atoms with Gasteiger partial charge >= 0.3 is 0 Å². The van der Waals surface area contributed by atoms with Crippen LogP contribution in [-0.2, 0) is 6.42 Å². The van der Waals surface area contributed by atoms with Crippen molar-refractivity contribution in [3.05, 3.63) is 221 Å². The fourth-order valence-corrected chi connectivity index (χ4v) is 11.6. The van der Waals surface area contributed by atoms with E-state index >= 15 is 0 Å². The molecule has 3 unspecified atom stereocenters. The minimum atomic E-state index is 0.0451. The molecule has 2 aliphatic carbocycles. The summed E-state index contributed by atoms with van der Waals surface area (Å²) in [5.74, 6) is 1.81. The van der Waals surface area contributed by atoms with E-state index in [2.05, 4.69) is 183 Å². The molecule has 11 aromatic rings. The highest BCUT2D eigenvalue weighted by Gasteiger charge is 2.54. The average molecular weight is 835 g/mol. The van der Waals surface area contributed by atoms with Gasteiger partial charge in [-0.25, -0.2) is 9.98 Å². The lowest BCUT2D eigenvalue weighted by molar-refractivity contribution is 0.666. The van der Waals surface area contributed by atoms with E-state index < -0.39 is 0 Å². The Labute approximate surface area is 375 Å². The van der Waals surface area contributed by atoms with Crippen LogP contribution < -0.4 is 0 Å². The molecule has 65 heavy (non-hydrogen) atoms. The van der Waals surface area contributed by atoms with E-state index in [-0.39, 0.29) is 11.8 Å². The zero-order chi connectivity index (χ0) is 42.8. The van der Waals surface area contributed by atoms with E-state index in [1.807, 2.05) is 12.1 Å². The molecule has 4 nitrogen and oxygen atoms in total. The van der Waals surface area contributed by atoms with E-state index in [1.54, 1.807) is 0 Å². The number of para-hydroxylation sites is 3. The lowest BCUT2D eigenvalue weighted by atomic mass is 9.87. The monoisotopic (exact) mass is 834 g/mol. The van der Waals surface area contributed by atoms with E-state index in [4.69, 9.17) is 18.8 Å². The zero-order valence-electron chi connectivity index (χ0n) is 35.8. The highest BCUT2D eigenvalue weighted by molar-refractivity contribution is 6.21. The molecule has 0 radical (unpaired) electrons. The predicted octanol–water partition coefficient (Wildman–Crippen LogP) is 15.8. The van der Waals surface area contributed by atoms with Gasteiger partial charge < -0.3 is 8.83 Å². The lowest BCUT2D eigenvalue weighted by Crippen LogP contribution is -2.17. The Morgan fingerprint density at radius 1 is 0.492 bits per heavy atom. The second-order valence-electron chi connectivity index (χ2n) is 18.4. The van der Waals surface area contributed by atoms with Crippen LogP contribution in [0, 0.1) is 11.8 Å². The number of rotatable bonds is 4. The fourth-order valence-electron chi connectivity index (χ4n) is 11.6. The van der Waals surface area contributed by atoms with E-state index in [9.17, 15) is 0 Å². The molecule has 9 aromatic carbocycles. The molecule has 308 valence electrons. The normalized spacial score (nSPS) is 20.1. The van der Waals surface area contributed by atoms with Gasteiger partial charge in [0, 0.05) is 44.2 Å². The van der Waals surface area contributed by atoms with Crippen molar-refractivity contribution in [2.45, 2.75) is 31.6 Å². The summed E-state index contributed by atoms with van der Waals surface area (Å²) in [6.45, 7) is 2.30. The molecule has 1 fully saturated rings. The molecule has 0 bridgehead atoms. The van der Waals surface area contributed by atoms with E-state index in [1.165, 1.54) is 44.0 Å². The van der Waals surface area contributed by atoms with Gasteiger partial charge in [-0.05, 0) is 116 Å². The molecule has 3 heterocycles. The van der Waals surface area contributed by atoms with Crippen LogP contribution in [0.5, 0.6) is 0 Å². The molecule has 3 aliphatic rings. The number of benzene rings is 9. The van der Waals surface area contributed by atoms with E-state index in [0.717, 1.165) is 90.2 Å². The highest BCUT2D eigenvalue weighted by Crippen LogP contribution is 2.66. The maximum atomic E-state index is 6.69. The average Bonchev–Trinajstić information content (AvgIpc) is 3.75. The molecule has 2 aromatic heterocycles. The van der Waals surface area contributed by atoms with Gasteiger partial charge in [0.2, 0.25) is 0 Å². The van der Waals surface area contributed by atoms with Crippen LogP contribution in [0.2, 0.25) is 0 Å². The molecule has 0 spiro atoms. The summed E-state index contributed by atoms with van der Waals surface area (Å²) in [6, 6.07) is 65.8. The lowest BCUT2D eigenvalue weighted by Gasteiger charge is -2.20. The van der Waals surface area contributed by atoms with E-state index in [0.29, 0.717) is 17.7 Å². The summed E-state index contributed by atoms with van der Waals surface area (Å²) in [4.78, 5) is 11.5. The van der Waals surface area contributed by atoms with Gasteiger partial charge in [0.1, 0.15) is 22.3 Å². The molecular weight excluding hydrogens is 793 g/mol. The molecule has 0 N–H and O–H groups in total. The quantitative estimate of drug-likeness (QED) is 0.177.